The second kappa shape index (κ2) is 3.83. The largest absolute Gasteiger partial charge is 0.318 e. The molecule has 1 atom stereocenters. The zero-order valence-corrected chi connectivity index (χ0v) is 9.69. The summed E-state index contributed by atoms with van der Waals surface area (Å²) in [6.07, 6.45) is 1.71. The monoisotopic (exact) mass is 275 g/mol. The van der Waals surface area contributed by atoms with Gasteiger partial charge in [0.2, 0.25) is 0 Å². The van der Waals surface area contributed by atoms with Crippen LogP contribution in [-0.4, -0.2) is 8.75 Å². The maximum Gasteiger partial charge on any atom is 0.0964 e. The highest BCUT2D eigenvalue weighted by Gasteiger charge is 2.15. The Kier molecular flexibility index (Phi) is 2.73. The van der Waals surface area contributed by atoms with Crippen molar-refractivity contribution in [2.24, 2.45) is 5.73 Å². The van der Waals surface area contributed by atoms with Gasteiger partial charge < -0.3 is 5.73 Å². The molecule has 6 heteroatoms. The Morgan fingerprint density at radius 2 is 2.38 bits per heavy atom. The molecule has 0 aliphatic heterocycles. The average Bonchev–Trinajstić information content (AvgIpc) is 2.72. The molecule has 0 bridgehead atoms. The van der Waals surface area contributed by atoms with Crippen LogP contribution in [0, 0.1) is 0 Å². The average molecular weight is 276 g/mol. The minimum atomic E-state index is -0.159. The summed E-state index contributed by atoms with van der Waals surface area (Å²) in [7, 11) is 0. The second-order valence-corrected chi connectivity index (χ2v) is 4.80. The summed E-state index contributed by atoms with van der Waals surface area (Å²) >= 11 is 6.24. The van der Waals surface area contributed by atoms with Gasteiger partial charge in [-0.2, -0.15) is 8.75 Å². The third-order valence-electron chi connectivity index (χ3n) is 1.62. The number of halogens is 1. The van der Waals surface area contributed by atoms with Gasteiger partial charge in [-0.05, 0) is 27.4 Å². The Labute approximate surface area is 92.1 Å². The van der Waals surface area contributed by atoms with Crippen LogP contribution in [0.3, 0.4) is 0 Å². The van der Waals surface area contributed by atoms with Crippen molar-refractivity contribution in [1.29, 1.82) is 0 Å². The number of aromatic nitrogens is 2. The number of rotatable bonds is 2. The lowest BCUT2D eigenvalue weighted by Gasteiger charge is -2.05. The zero-order chi connectivity index (χ0) is 9.26. The number of hydrogen-bond acceptors (Lipinski definition) is 5. The van der Waals surface area contributed by atoms with E-state index < -0.39 is 0 Å². The number of thiophene rings is 1. The van der Waals surface area contributed by atoms with E-state index >= 15 is 0 Å². The van der Waals surface area contributed by atoms with Gasteiger partial charge in [-0.3, -0.25) is 0 Å². The third-order valence-corrected chi connectivity index (χ3v) is 4.07. The van der Waals surface area contributed by atoms with E-state index in [0.29, 0.717) is 0 Å². The molecule has 0 aromatic carbocycles. The molecule has 0 saturated heterocycles. The minimum Gasteiger partial charge on any atom is -0.318 e. The summed E-state index contributed by atoms with van der Waals surface area (Å²) < 4.78 is 9.07. The summed E-state index contributed by atoms with van der Waals surface area (Å²) in [6.45, 7) is 0. The van der Waals surface area contributed by atoms with Crippen molar-refractivity contribution in [3.63, 3.8) is 0 Å². The molecule has 2 aromatic heterocycles. The van der Waals surface area contributed by atoms with Crippen LogP contribution in [0.1, 0.15) is 16.6 Å². The molecule has 0 fully saturated rings. The SMILES string of the molecule is NC(c1cnsn1)c1sccc1Br. The van der Waals surface area contributed by atoms with Gasteiger partial charge in [-0.1, -0.05) is 0 Å². The van der Waals surface area contributed by atoms with Crippen molar-refractivity contribution in [2.75, 3.05) is 0 Å². The summed E-state index contributed by atoms with van der Waals surface area (Å²) in [5.41, 5.74) is 6.82. The van der Waals surface area contributed by atoms with Crippen LogP contribution >= 0.6 is 39.0 Å². The molecule has 0 spiro atoms. The predicted molar refractivity (Wildman–Crippen MR) is 58.0 cm³/mol. The molecule has 68 valence electrons. The summed E-state index contributed by atoms with van der Waals surface area (Å²) in [6, 6.07) is 1.83. The fourth-order valence-electron chi connectivity index (χ4n) is 0.971. The van der Waals surface area contributed by atoms with Crippen molar-refractivity contribution in [3.05, 3.63) is 32.7 Å². The molecule has 3 nitrogen and oxygen atoms in total. The van der Waals surface area contributed by atoms with Crippen LogP contribution in [0.5, 0.6) is 0 Å². The smallest absolute Gasteiger partial charge is 0.0964 e. The fraction of sp³-hybridized carbons (Fsp3) is 0.143. The van der Waals surface area contributed by atoms with Crippen LogP contribution in [0.2, 0.25) is 0 Å². The van der Waals surface area contributed by atoms with Crippen molar-refractivity contribution in [3.8, 4) is 0 Å². The zero-order valence-electron chi connectivity index (χ0n) is 6.48. The molecule has 0 aliphatic carbocycles. The maximum atomic E-state index is 5.99. The van der Waals surface area contributed by atoms with Gasteiger partial charge in [-0.15, -0.1) is 11.3 Å². The van der Waals surface area contributed by atoms with Gasteiger partial charge in [0.1, 0.15) is 0 Å². The Morgan fingerprint density at radius 1 is 1.54 bits per heavy atom. The Bertz CT molecular complexity index is 384. The number of nitrogens with zero attached hydrogens (tertiary/aromatic N) is 2. The molecule has 13 heavy (non-hydrogen) atoms. The van der Waals surface area contributed by atoms with Crippen LogP contribution in [0.4, 0.5) is 0 Å². The summed E-state index contributed by atoms with van der Waals surface area (Å²) in [5, 5.41) is 2.00. The summed E-state index contributed by atoms with van der Waals surface area (Å²) in [5.74, 6) is 0. The van der Waals surface area contributed by atoms with Gasteiger partial charge in [0.15, 0.2) is 0 Å². The van der Waals surface area contributed by atoms with E-state index in [1.165, 1.54) is 11.7 Å². The van der Waals surface area contributed by atoms with Crippen LogP contribution in [0.15, 0.2) is 22.1 Å². The highest BCUT2D eigenvalue weighted by atomic mass is 79.9. The van der Waals surface area contributed by atoms with E-state index in [1.807, 2.05) is 11.4 Å². The molecular weight excluding hydrogens is 270 g/mol. The Hall–Kier alpha value is -0.300. The first-order valence-electron chi connectivity index (χ1n) is 3.55. The molecule has 2 rings (SSSR count). The fourth-order valence-corrected chi connectivity index (χ4v) is 3.06. The second-order valence-electron chi connectivity index (χ2n) is 2.44. The molecule has 1 unspecified atom stereocenters. The van der Waals surface area contributed by atoms with Crippen LogP contribution in [0.25, 0.3) is 0 Å². The van der Waals surface area contributed by atoms with Crippen molar-refractivity contribution in [2.45, 2.75) is 6.04 Å². The molecule has 2 aromatic rings. The minimum absolute atomic E-state index is 0.159. The van der Waals surface area contributed by atoms with E-state index in [-0.39, 0.29) is 6.04 Å². The lowest BCUT2D eigenvalue weighted by atomic mass is 10.2. The lowest BCUT2D eigenvalue weighted by Crippen LogP contribution is -2.10. The normalized spacial score (nSPS) is 13.1. The van der Waals surface area contributed by atoms with Crippen molar-refractivity contribution in [1.82, 2.24) is 8.75 Å². The van der Waals surface area contributed by atoms with Gasteiger partial charge in [-0.25, -0.2) is 0 Å². The maximum absolute atomic E-state index is 5.99. The molecule has 0 radical (unpaired) electrons. The number of nitrogens with two attached hydrogens (primary N) is 1. The highest BCUT2D eigenvalue weighted by Crippen LogP contribution is 2.30. The molecule has 0 aliphatic rings. The van der Waals surface area contributed by atoms with E-state index in [9.17, 15) is 0 Å². The van der Waals surface area contributed by atoms with Crippen molar-refractivity contribution < 1.29 is 0 Å². The van der Waals surface area contributed by atoms with E-state index in [2.05, 4.69) is 24.7 Å². The first-order valence-corrected chi connectivity index (χ1v) is 5.95. The molecular formula is C7H6BrN3S2. The Balaban J connectivity index is 2.33. The first-order chi connectivity index (χ1) is 6.29. The number of hydrogen-bond donors (Lipinski definition) is 1. The standard InChI is InChI=1S/C7H6BrN3S2/c8-4-1-2-12-7(4)6(9)5-3-10-13-11-5/h1-3,6H,9H2. The van der Waals surface area contributed by atoms with Crippen LogP contribution < -0.4 is 5.73 Å². The molecule has 0 amide bonds. The van der Waals surface area contributed by atoms with Gasteiger partial charge in [0.25, 0.3) is 0 Å². The Morgan fingerprint density at radius 3 is 2.92 bits per heavy atom. The molecule has 0 saturated carbocycles. The van der Waals surface area contributed by atoms with Gasteiger partial charge >= 0.3 is 0 Å². The topological polar surface area (TPSA) is 51.8 Å². The van der Waals surface area contributed by atoms with Crippen LogP contribution in [-0.2, 0) is 0 Å². The van der Waals surface area contributed by atoms with E-state index in [1.54, 1.807) is 17.5 Å². The van der Waals surface area contributed by atoms with Gasteiger partial charge in [0.05, 0.1) is 29.7 Å². The molecule has 2 N–H and O–H groups in total. The summed E-state index contributed by atoms with van der Waals surface area (Å²) in [4.78, 5) is 1.09. The third kappa shape index (κ3) is 1.80. The quantitative estimate of drug-likeness (QED) is 0.916. The predicted octanol–water partition coefficient (Wildman–Crippen LogP) is 2.41. The van der Waals surface area contributed by atoms with E-state index in [4.69, 9.17) is 5.73 Å². The first kappa shape index (κ1) is 9.26. The highest BCUT2D eigenvalue weighted by molar-refractivity contribution is 9.10. The molecule has 2 heterocycles. The van der Waals surface area contributed by atoms with Gasteiger partial charge in [0, 0.05) is 9.35 Å². The van der Waals surface area contributed by atoms with E-state index in [0.717, 1.165) is 15.0 Å². The van der Waals surface area contributed by atoms with Crippen molar-refractivity contribution >= 4 is 39.0 Å². The lowest BCUT2D eigenvalue weighted by molar-refractivity contribution is 0.859.